The van der Waals surface area contributed by atoms with Crippen LogP contribution in [0.4, 0.5) is 0 Å². The van der Waals surface area contributed by atoms with Crippen molar-refractivity contribution < 1.29 is 0 Å². The summed E-state index contributed by atoms with van der Waals surface area (Å²) in [6, 6.07) is 10.6. The molecule has 0 unspecified atom stereocenters. The van der Waals surface area contributed by atoms with Crippen LogP contribution in [-0.4, -0.2) is 10.9 Å². The van der Waals surface area contributed by atoms with E-state index in [2.05, 4.69) is 58.0 Å². The molecule has 0 N–H and O–H groups in total. The summed E-state index contributed by atoms with van der Waals surface area (Å²) in [4.78, 5) is 0. The van der Waals surface area contributed by atoms with Crippen LogP contribution < -0.4 is 5.30 Å². The molecule has 0 spiro atoms. The van der Waals surface area contributed by atoms with Crippen molar-refractivity contribution in [3.8, 4) is 0 Å². The number of hydrogen-bond donors (Lipinski definition) is 0. The van der Waals surface area contributed by atoms with Crippen molar-refractivity contribution >= 4 is 33.7 Å². The molecule has 1 aromatic rings. The van der Waals surface area contributed by atoms with Gasteiger partial charge in [0.15, 0.2) is 0 Å². The van der Waals surface area contributed by atoms with Crippen LogP contribution in [0.2, 0.25) is 0 Å². The molecule has 0 aliphatic rings. The summed E-state index contributed by atoms with van der Waals surface area (Å²) in [6.07, 6.45) is 0. The minimum absolute atomic E-state index is 0.199. The Kier molecular flexibility index (Phi) is 4.46. The fraction of sp³-hybridized carbons (Fsp3) is 0.500. The Labute approximate surface area is 103 Å². The van der Waals surface area contributed by atoms with Crippen LogP contribution in [0.5, 0.6) is 0 Å². The molecule has 0 bridgehead atoms. The lowest BCUT2D eigenvalue weighted by atomic mass is 10.3. The molecule has 0 nitrogen and oxygen atoms in total. The molecule has 1 atom stereocenters. The maximum atomic E-state index is 5.98. The fourth-order valence-corrected chi connectivity index (χ4v) is 8.08. The summed E-state index contributed by atoms with van der Waals surface area (Å²) in [5, 5.41) is 0.0538. The highest BCUT2D eigenvalue weighted by Gasteiger charge is 2.33. The van der Waals surface area contributed by atoms with Crippen molar-refractivity contribution in [2.24, 2.45) is 0 Å². The van der Waals surface area contributed by atoms with Crippen molar-refractivity contribution in [1.29, 1.82) is 0 Å². The first-order valence-electron chi connectivity index (χ1n) is 5.22. The monoisotopic (exact) mass is 258 g/mol. The lowest BCUT2D eigenvalue weighted by molar-refractivity contribution is 0.795. The Balaban J connectivity index is 3.20. The predicted octanol–water partition coefficient (Wildman–Crippen LogP) is 4.26. The topological polar surface area (TPSA) is 0 Å². The zero-order valence-electron chi connectivity index (χ0n) is 9.86. The maximum Gasteiger partial charge on any atom is 0.0388 e. The normalized spacial score (nSPS) is 16.0. The van der Waals surface area contributed by atoms with Gasteiger partial charge in [-0.05, 0) is 11.1 Å². The second kappa shape index (κ2) is 5.03. The number of rotatable bonds is 3. The summed E-state index contributed by atoms with van der Waals surface area (Å²) in [5.74, 6) is 1.10. The van der Waals surface area contributed by atoms with E-state index in [9.17, 15) is 0 Å². The third kappa shape index (κ3) is 2.87. The van der Waals surface area contributed by atoms with Gasteiger partial charge < -0.3 is 0 Å². The second-order valence-electron chi connectivity index (χ2n) is 4.48. The minimum atomic E-state index is -1.51. The van der Waals surface area contributed by atoms with Gasteiger partial charge in [-0.3, -0.25) is 0 Å². The zero-order valence-corrected chi connectivity index (χ0v) is 12.4. The Morgan fingerprint density at radius 3 is 2.13 bits per heavy atom. The first kappa shape index (κ1) is 13.3. The molecule has 0 aliphatic carbocycles. The van der Waals surface area contributed by atoms with Gasteiger partial charge in [0.1, 0.15) is 0 Å². The molecular weight excluding hydrogens is 239 g/mol. The average Bonchev–Trinajstić information content (AvgIpc) is 2.18. The number of hydrogen-bond acceptors (Lipinski definition) is 2. The molecular formula is C12H19PS2. The summed E-state index contributed by atoms with van der Waals surface area (Å²) in [6.45, 7) is 9.00. The summed E-state index contributed by atoms with van der Waals surface area (Å²) in [7, 11) is 0. The molecule has 0 amide bonds. The van der Waals surface area contributed by atoms with Gasteiger partial charge in [0.05, 0.1) is 0 Å². The molecule has 3 heteroatoms. The van der Waals surface area contributed by atoms with Crippen LogP contribution in [0.3, 0.4) is 0 Å². The van der Waals surface area contributed by atoms with Crippen LogP contribution >= 0.6 is 16.6 Å². The standard InChI is InChI=1S/C12H19PS2/c1-5-15-13(14,12(2,3)4)11-9-7-6-8-10-11/h6-10H,5H2,1-4H3/t13-/m0/s1. The molecule has 0 saturated heterocycles. The minimum Gasteiger partial charge on any atom is -0.119 e. The van der Waals surface area contributed by atoms with Crippen molar-refractivity contribution in [1.82, 2.24) is 0 Å². The van der Waals surface area contributed by atoms with E-state index in [0.29, 0.717) is 0 Å². The molecule has 0 radical (unpaired) electrons. The SMILES string of the molecule is CCS[P@@](=S)(c1ccccc1)C(C)(C)C. The Morgan fingerprint density at radius 1 is 1.20 bits per heavy atom. The first-order valence-corrected chi connectivity index (χ1v) is 9.61. The second-order valence-corrected chi connectivity index (χ2v) is 13.0. The predicted molar refractivity (Wildman–Crippen MR) is 78.2 cm³/mol. The largest absolute Gasteiger partial charge is 0.119 e. The molecule has 0 heterocycles. The third-order valence-corrected chi connectivity index (χ3v) is 13.0. The summed E-state index contributed by atoms with van der Waals surface area (Å²) >= 11 is 7.94. The van der Waals surface area contributed by atoms with E-state index in [0.717, 1.165) is 5.75 Å². The zero-order chi connectivity index (χ0) is 11.5. The highest BCUT2D eigenvalue weighted by molar-refractivity contribution is 8.73. The lowest BCUT2D eigenvalue weighted by Gasteiger charge is -2.34. The number of benzene rings is 1. The maximum absolute atomic E-state index is 5.98. The van der Waals surface area contributed by atoms with Gasteiger partial charge in [-0.1, -0.05) is 69.8 Å². The Morgan fingerprint density at radius 2 is 1.73 bits per heavy atom. The molecule has 1 rings (SSSR count). The van der Waals surface area contributed by atoms with Crippen LogP contribution in [0.15, 0.2) is 30.3 Å². The van der Waals surface area contributed by atoms with E-state index in [-0.39, 0.29) is 5.16 Å². The smallest absolute Gasteiger partial charge is 0.0388 e. The molecule has 1 aromatic carbocycles. The van der Waals surface area contributed by atoms with Crippen LogP contribution in [0.25, 0.3) is 0 Å². The van der Waals surface area contributed by atoms with Crippen molar-refractivity contribution in [2.75, 3.05) is 5.75 Å². The fourth-order valence-electron chi connectivity index (χ4n) is 1.46. The van der Waals surface area contributed by atoms with E-state index in [4.69, 9.17) is 11.8 Å². The van der Waals surface area contributed by atoms with E-state index in [1.54, 1.807) is 0 Å². The molecule has 0 aromatic heterocycles. The Hall–Kier alpha value is 0.220. The van der Waals surface area contributed by atoms with Gasteiger partial charge in [-0.2, -0.15) is 0 Å². The van der Waals surface area contributed by atoms with Gasteiger partial charge in [0.2, 0.25) is 0 Å². The summed E-state index contributed by atoms with van der Waals surface area (Å²) in [5.41, 5.74) is 0. The highest BCUT2D eigenvalue weighted by atomic mass is 32.9. The first-order chi connectivity index (χ1) is 6.92. The van der Waals surface area contributed by atoms with E-state index in [1.165, 1.54) is 5.30 Å². The van der Waals surface area contributed by atoms with E-state index < -0.39 is 5.24 Å². The average molecular weight is 258 g/mol. The third-order valence-electron chi connectivity index (χ3n) is 2.29. The molecule has 0 saturated carbocycles. The van der Waals surface area contributed by atoms with Gasteiger partial charge in [-0.15, -0.1) is 11.4 Å². The quantitative estimate of drug-likeness (QED) is 0.743. The van der Waals surface area contributed by atoms with E-state index >= 15 is 0 Å². The van der Waals surface area contributed by atoms with Gasteiger partial charge >= 0.3 is 0 Å². The molecule has 15 heavy (non-hydrogen) atoms. The van der Waals surface area contributed by atoms with Crippen LogP contribution in [-0.2, 0) is 11.8 Å². The molecule has 0 aliphatic heterocycles. The summed E-state index contributed by atoms with van der Waals surface area (Å²) < 4.78 is 0. The van der Waals surface area contributed by atoms with Crippen molar-refractivity contribution in [2.45, 2.75) is 32.9 Å². The van der Waals surface area contributed by atoms with Crippen LogP contribution in [0.1, 0.15) is 27.7 Å². The van der Waals surface area contributed by atoms with Gasteiger partial charge in [0, 0.05) is 10.4 Å². The Bertz CT molecular complexity index is 352. The lowest BCUT2D eigenvalue weighted by Crippen LogP contribution is -2.20. The van der Waals surface area contributed by atoms with Crippen molar-refractivity contribution in [3.05, 3.63) is 30.3 Å². The van der Waals surface area contributed by atoms with Crippen molar-refractivity contribution in [3.63, 3.8) is 0 Å². The van der Waals surface area contributed by atoms with E-state index in [1.807, 2.05) is 11.4 Å². The molecule has 84 valence electrons. The van der Waals surface area contributed by atoms with Gasteiger partial charge in [-0.25, -0.2) is 0 Å². The molecule has 0 fully saturated rings. The highest BCUT2D eigenvalue weighted by Crippen LogP contribution is 2.66. The van der Waals surface area contributed by atoms with Gasteiger partial charge in [0.25, 0.3) is 0 Å². The van der Waals surface area contributed by atoms with Crippen LogP contribution in [0, 0.1) is 0 Å².